The number of nitrogens with zero attached hydrogens (tertiary/aromatic N) is 4. The van der Waals surface area contributed by atoms with Gasteiger partial charge in [0, 0.05) is 25.7 Å². The molecule has 1 saturated carbocycles. The summed E-state index contributed by atoms with van der Waals surface area (Å²) < 4.78 is 6.40. The first-order chi connectivity index (χ1) is 16.5. The molecule has 7 heteroatoms. The number of anilines is 1. The molecule has 1 atom stereocenters. The van der Waals surface area contributed by atoms with E-state index in [0.29, 0.717) is 18.3 Å². The second kappa shape index (κ2) is 9.74. The van der Waals surface area contributed by atoms with Crippen molar-refractivity contribution < 1.29 is 9.53 Å². The van der Waals surface area contributed by atoms with Gasteiger partial charge < -0.3 is 19.9 Å². The smallest absolute Gasteiger partial charge is 0.343 e. The van der Waals surface area contributed by atoms with Gasteiger partial charge >= 0.3 is 6.03 Å². The van der Waals surface area contributed by atoms with Crippen molar-refractivity contribution in [1.82, 2.24) is 10.2 Å². The number of nitrogens with one attached hydrogen (secondary N) is 1. The number of aryl methyl sites for hydroxylation is 1. The third kappa shape index (κ3) is 4.80. The Morgan fingerprint density at radius 3 is 2.82 bits per heavy atom. The number of amides is 2. The van der Waals surface area contributed by atoms with Crippen molar-refractivity contribution in [2.75, 3.05) is 38.1 Å². The summed E-state index contributed by atoms with van der Waals surface area (Å²) >= 11 is 0. The Hall–Kier alpha value is -2.93. The molecule has 2 aliphatic carbocycles. The summed E-state index contributed by atoms with van der Waals surface area (Å²) in [5.74, 6) is 2.13. The summed E-state index contributed by atoms with van der Waals surface area (Å²) in [6.45, 7) is 7.30. The number of benzene rings is 1. The number of amidine groups is 1. The van der Waals surface area contributed by atoms with Crippen molar-refractivity contribution >= 4 is 29.0 Å². The van der Waals surface area contributed by atoms with Gasteiger partial charge in [-0.1, -0.05) is 23.8 Å². The molecule has 0 aromatic heterocycles. The molecule has 1 aromatic carbocycles. The molecule has 1 unspecified atom stereocenters. The van der Waals surface area contributed by atoms with Crippen molar-refractivity contribution in [2.45, 2.75) is 52.1 Å². The molecular formula is C27H35N5O2. The van der Waals surface area contributed by atoms with Crippen molar-refractivity contribution in [3.8, 4) is 5.75 Å². The number of aliphatic imine (C=N–C) groups is 2. The van der Waals surface area contributed by atoms with Gasteiger partial charge in [-0.2, -0.15) is 4.99 Å². The Morgan fingerprint density at radius 1 is 1.21 bits per heavy atom. The molecule has 0 spiro atoms. The maximum Gasteiger partial charge on any atom is 0.343 e. The number of carbonyl (C=O) groups is 1. The van der Waals surface area contributed by atoms with Gasteiger partial charge in [0.05, 0.1) is 24.0 Å². The predicted octanol–water partition coefficient (Wildman–Crippen LogP) is 4.78. The molecule has 5 rings (SSSR count). The van der Waals surface area contributed by atoms with Crippen LogP contribution in [0, 0.1) is 12.8 Å². The largest absolute Gasteiger partial charge is 0.490 e. The Bertz CT molecular complexity index is 1080. The molecule has 0 radical (unpaired) electrons. The highest BCUT2D eigenvalue weighted by molar-refractivity contribution is 6.51. The average molecular weight is 462 g/mol. The van der Waals surface area contributed by atoms with E-state index in [2.05, 4.69) is 71.4 Å². The van der Waals surface area contributed by atoms with Crippen LogP contribution in [0.1, 0.15) is 44.6 Å². The normalized spacial score (nSPS) is 22.1. The first-order valence-corrected chi connectivity index (χ1v) is 12.5. The summed E-state index contributed by atoms with van der Waals surface area (Å²) in [6.07, 6.45) is 12.7. The van der Waals surface area contributed by atoms with Crippen molar-refractivity contribution in [2.24, 2.45) is 15.9 Å². The van der Waals surface area contributed by atoms with Gasteiger partial charge in [-0.3, -0.25) is 0 Å². The van der Waals surface area contributed by atoms with Crippen LogP contribution < -0.4 is 15.0 Å². The maximum atomic E-state index is 12.1. The van der Waals surface area contributed by atoms with Gasteiger partial charge in [0.2, 0.25) is 0 Å². The first-order valence-electron chi connectivity index (χ1n) is 12.5. The molecule has 34 heavy (non-hydrogen) atoms. The minimum Gasteiger partial charge on any atom is -0.490 e. The summed E-state index contributed by atoms with van der Waals surface area (Å²) in [5, 5.41) is 2.80. The molecular weight excluding hydrogens is 426 g/mol. The number of carbonyl (C=O) groups excluding carboxylic acids is 1. The van der Waals surface area contributed by atoms with Crippen molar-refractivity contribution in [3.63, 3.8) is 0 Å². The summed E-state index contributed by atoms with van der Waals surface area (Å²) in [5.41, 5.74) is 5.24. The lowest BCUT2D eigenvalue weighted by Crippen LogP contribution is -2.50. The SMILES string of the molecule is CC1=CC=CCC1CN(C)CCN1C2=NC(=O)NCC2=Nc2cc(C)c(OC3CCCC3)cc21. The van der Waals surface area contributed by atoms with E-state index < -0.39 is 0 Å². The van der Waals surface area contributed by atoms with Gasteiger partial charge in [-0.15, -0.1) is 0 Å². The second-order valence-corrected chi connectivity index (χ2v) is 9.97. The summed E-state index contributed by atoms with van der Waals surface area (Å²) in [7, 11) is 2.17. The molecule has 4 aliphatic rings. The van der Waals surface area contributed by atoms with Crippen LogP contribution in [0.25, 0.3) is 0 Å². The zero-order valence-electron chi connectivity index (χ0n) is 20.5. The van der Waals surface area contributed by atoms with Crippen LogP contribution in [0.5, 0.6) is 5.75 Å². The fourth-order valence-electron chi connectivity index (χ4n) is 5.25. The van der Waals surface area contributed by atoms with E-state index in [1.165, 1.54) is 18.4 Å². The molecule has 1 fully saturated rings. The number of hydrogen-bond donors (Lipinski definition) is 1. The highest BCUT2D eigenvalue weighted by Gasteiger charge is 2.31. The highest BCUT2D eigenvalue weighted by atomic mass is 16.5. The van der Waals surface area contributed by atoms with E-state index in [1.54, 1.807) is 0 Å². The number of fused-ring (bicyclic) bond motifs is 2. The molecule has 180 valence electrons. The van der Waals surface area contributed by atoms with Gasteiger partial charge in [0.25, 0.3) is 0 Å². The lowest BCUT2D eigenvalue weighted by molar-refractivity contribution is 0.208. The molecule has 1 aromatic rings. The Kier molecular flexibility index (Phi) is 6.55. The number of allylic oxidation sites excluding steroid dienone is 3. The molecule has 2 amide bonds. The van der Waals surface area contributed by atoms with E-state index in [0.717, 1.165) is 67.3 Å². The minimum absolute atomic E-state index is 0.289. The van der Waals surface area contributed by atoms with Crippen LogP contribution in [0.15, 0.2) is 45.9 Å². The van der Waals surface area contributed by atoms with E-state index >= 15 is 0 Å². The van der Waals surface area contributed by atoms with Crippen LogP contribution in [0.2, 0.25) is 0 Å². The van der Waals surface area contributed by atoms with Crippen LogP contribution in [0.4, 0.5) is 16.2 Å². The van der Waals surface area contributed by atoms with Crippen LogP contribution in [-0.4, -0.2) is 61.8 Å². The monoisotopic (exact) mass is 461 g/mol. The topological polar surface area (TPSA) is 69.5 Å². The van der Waals surface area contributed by atoms with Crippen molar-refractivity contribution in [3.05, 3.63) is 41.5 Å². The quantitative estimate of drug-likeness (QED) is 0.634. The predicted molar refractivity (Wildman–Crippen MR) is 138 cm³/mol. The van der Waals surface area contributed by atoms with Gasteiger partial charge in [-0.05, 0) is 70.5 Å². The van der Waals surface area contributed by atoms with Gasteiger partial charge in [0.15, 0.2) is 5.84 Å². The molecule has 7 nitrogen and oxygen atoms in total. The first kappa shape index (κ1) is 22.8. The number of likely N-dealkylation sites (N-methyl/N-ethyl adjacent to an activating group) is 1. The lowest BCUT2D eigenvalue weighted by atomic mass is 9.92. The molecule has 0 bridgehead atoms. The van der Waals surface area contributed by atoms with Gasteiger partial charge in [0.1, 0.15) is 11.5 Å². The lowest BCUT2D eigenvalue weighted by Gasteiger charge is -2.35. The van der Waals surface area contributed by atoms with Gasteiger partial charge in [-0.25, -0.2) is 9.79 Å². The third-order valence-electron chi connectivity index (χ3n) is 7.34. The zero-order valence-corrected chi connectivity index (χ0v) is 20.5. The highest BCUT2D eigenvalue weighted by Crippen LogP contribution is 2.40. The summed E-state index contributed by atoms with van der Waals surface area (Å²) in [4.78, 5) is 25.9. The second-order valence-electron chi connectivity index (χ2n) is 9.97. The maximum absolute atomic E-state index is 12.1. The van der Waals surface area contributed by atoms with Crippen molar-refractivity contribution in [1.29, 1.82) is 0 Å². The van der Waals surface area contributed by atoms with E-state index in [1.807, 2.05) is 0 Å². The minimum atomic E-state index is -0.306. The Labute approximate surface area is 202 Å². The zero-order chi connectivity index (χ0) is 23.7. The van der Waals surface area contributed by atoms with Crippen LogP contribution in [-0.2, 0) is 0 Å². The fourth-order valence-corrected chi connectivity index (χ4v) is 5.25. The number of ether oxygens (including phenoxy) is 1. The number of urea groups is 1. The van der Waals surface area contributed by atoms with Crippen LogP contribution in [0.3, 0.4) is 0 Å². The van der Waals surface area contributed by atoms with E-state index in [-0.39, 0.29) is 12.1 Å². The molecule has 1 N–H and O–H groups in total. The molecule has 2 aliphatic heterocycles. The average Bonchev–Trinajstić information content (AvgIpc) is 3.32. The number of rotatable bonds is 7. The fraction of sp³-hybridized carbons (Fsp3) is 0.519. The van der Waals surface area contributed by atoms with Crippen LogP contribution >= 0.6 is 0 Å². The Balaban J connectivity index is 1.39. The molecule has 2 heterocycles. The van der Waals surface area contributed by atoms with E-state index in [9.17, 15) is 4.79 Å². The Morgan fingerprint density at radius 2 is 2.03 bits per heavy atom. The molecule has 0 saturated heterocycles. The standard InChI is InChI=1S/C27H35N5O2/c1-18-8-4-5-9-20(18)17-31(3)12-13-32-24-15-25(34-21-10-6-7-11-21)19(2)14-22(24)29-23-16-28-27(33)30-26(23)32/h4-5,8,14-15,20-21H,6-7,9-13,16-17H2,1-3H3,(H,28,33). The van der Waals surface area contributed by atoms with E-state index in [4.69, 9.17) is 9.73 Å². The summed E-state index contributed by atoms with van der Waals surface area (Å²) in [6, 6.07) is 3.91. The number of hydrogen-bond acceptors (Lipinski definition) is 5. The third-order valence-corrected chi connectivity index (χ3v) is 7.34.